The molecule has 0 radical (unpaired) electrons. The van der Waals surface area contributed by atoms with E-state index in [1.165, 1.54) is 0 Å². The van der Waals surface area contributed by atoms with Crippen molar-refractivity contribution in [1.82, 2.24) is 29.7 Å². The van der Waals surface area contributed by atoms with Crippen molar-refractivity contribution in [2.24, 2.45) is 0 Å². The molecule has 1 N–H and O–H groups in total. The standard InChI is InChI=1S/C17H26N6O2/c1-12(2)22-9-15(18-20-22)17(25)6-5-7-21(11-17)16(24)10-23-14(4)8-13(3)19-23/h8-9,12,25H,5-7,10-11H2,1-4H3/t17-/m0/s1. The normalized spacial score (nSPS) is 21.1. The summed E-state index contributed by atoms with van der Waals surface area (Å²) in [5.74, 6) is -0.0411. The molecule has 0 saturated carbocycles. The maximum absolute atomic E-state index is 12.7. The van der Waals surface area contributed by atoms with Crippen molar-refractivity contribution in [3.05, 3.63) is 29.3 Å². The quantitative estimate of drug-likeness (QED) is 0.898. The fraction of sp³-hybridized carbons (Fsp3) is 0.647. The molecule has 2 aromatic heterocycles. The number of aliphatic hydroxyl groups is 1. The van der Waals surface area contributed by atoms with Crippen LogP contribution in [-0.2, 0) is 16.9 Å². The van der Waals surface area contributed by atoms with Gasteiger partial charge in [0, 0.05) is 18.3 Å². The van der Waals surface area contributed by atoms with Gasteiger partial charge in [-0.15, -0.1) is 5.10 Å². The Morgan fingerprint density at radius 3 is 2.76 bits per heavy atom. The summed E-state index contributed by atoms with van der Waals surface area (Å²) in [6.45, 7) is 8.92. The van der Waals surface area contributed by atoms with Gasteiger partial charge >= 0.3 is 0 Å². The Bertz CT molecular complexity index is 765. The first-order valence-electron chi connectivity index (χ1n) is 8.72. The molecule has 1 saturated heterocycles. The van der Waals surface area contributed by atoms with E-state index < -0.39 is 5.60 Å². The van der Waals surface area contributed by atoms with E-state index in [1.807, 2.05) is 33.8 Å². The Hall–Kier alpha value is -2.22. The Morgan fingerprint density at radius 2 is 2.16 bits per heavy atom. The predicted molar refractivity (Wildman–Crippen MR) is 91.8 cm³/mol. The number of aryl methyl sites for hydroxylation is 2. The van der Waals surface area contributed by atoms with Gasteiger partial charge in [0.05, 0.1) is 18.4 Å². The molecule has 0 aromatic carbocycles. The molecule has 8 heteroatoms. The summed E-state index contributed by atoms with van der Waals surface area (Å²) in [7, 11) is 0. The third-order valence-corrected chi connectivity index (χ3v) is 4.73. The molecular weight excluding hydrogens is 320 g/mol. The second-order valence-electron chi connectivity index (χ2n) is 7.21. The summed E-state index contributed by atoms with van der Waals surface area (Å²) in [5.41, 5.74) is 1.24. The van der Waals surface area contributed by atoms with E-state index in [0.29, 0.717) is 18.7 Å². The van der Waals surface area contributed by atoms with Crippen molar-refractivity contribution in [3.63, 3.8) is 0 Å². The summed E-state index contributed by atoms with van der Waals surface area (Å²) in [6.07, 6.45) is 3.08. The van der Waals surface area contributed by atoms with Crippen LogP contribution in [0.5, 0.6) is 0 Å². The summed E-state index contributed by atoms with van der Waals surface area (Å²) in [6, 6.07) is 2.13. The van der Waals surface area contributed by atoms with Crippen LogP contribution >= 0.6 is 0 Å². The van der Waals surface area contributed by atoms with Gasteiger partial charge in [-0.05, 0) is 46.6 Å². The largest absolute Gasteiger partial charge is 0.382 e. The molecule has 3 rings (SSSR count). The van der Waals surface area contributed by atoms with E-state index in [1.54, 1.807) is 20.5 Å². The summed E-state index contributed by atoms with van der Waals surface area (Å²) < 4.78 is 3.43. The Kier molecular flexibility index (Phi) is 4.64. The number of carbonyl (C=O) groups excluding carboxylic acids is 1. The number of rotatable bonds is 4. The van der Waals surface area contributed by atoms with Crippen LogP contribution in [0.1, 0.15) is 49.8 Å². The number of β-amino-alcohol motifs (C(OH)–C–C–N with tert-alkyl or cyclic N) is 1. The van der Waals surface area contributed by atoms with Gasteiger partial charge in [-0.2, -0.15) is 5.10 Å². The molecule has 8 nitrogen and oxygen atoms in total. The fourth-order valence-electron chi connectivity index (χ4n) is 3.26. The lowest BCUT2D eigenvalue weighted by Crippen LogP contribution is -2.49. The van der Waals surface area contributed by atoms with Crippen LogP contribution in [0, 0.1) is 13.8 Å². The lowest BCUT2D eigenvalue weighted by atomic mass is 9.90. The lowest BCUT2D eigenvalue weighted by Gasteiger charge is -2.38. The van der Waals surface area contributed by atoms with Crippen molar-refractivity contribution in [3.8, 4) is 0 Å². The molecule has 0 unspecified atom stereocenters. The van der Waals surface area contributed by atoms with Crippen LogP contribution in [0.2, 0.25) is 0 Å². The number of aromatic nitrogens is 5. The van der Waals surface area contributed by atoms with Crippen molar-refractivity contribution in [1.29, 1.82) is 0 Å². The van der Waals surface area contributed by atoms with Gasteiger partial charge in [-0.1, -0.05) is 5.21 Å². The van der Waals surface area contributed by atoms with E-state index in [-0.39, 0.29) is 25.0 Å². The molecule has 1 amide bonds. The van der Waals surface area contributed by atoms with Crippen LogP contribution in [0.15, 0.2) is 12.3 Å². The molecule has 1 aliphatic rings. The number of piperidine rings is 1. The van der Waals surface area contributed by atoms with Gasteiger partial charge in [0.2, 0.25) is 5.91 Å². The van der Waals surface area contributed by atoms with Gasteiger partial charge in [0.25, 0.3) is 0 Å². The second kappa shape index (κ2) is 6.59. The zero-order valence-corrected chi connectivity index (χ0v) is 15.3. The maximum Gasteiger partial charge on any atom is 0.244 e. The molecule has 2 aromatic rings. The molecular formula is C17H26N6O2. The van der Waals surface area contributed by atoms with Gasteiger partial charge < -0.3 is 10.0 Å². The minimum Gasteiger partial charge on any atom is -0.382 e. The molecule has 0 aliphatic carbocycles. The summed E-state index contributed by atoms with van der Waals surface area (Å²) in [4.78, 5) is 14.4. The van der Waals surface area contributed by atoms with Crippen molar-refractivity contribution >= 4 is 5.91 Å². The van der Waals surface area contributed by atoms with E-state index in [9.17, 15) is 9.90 Å². The summed E-state index contributed by atoms with van der Waals surface area (Å²) >= 11 is 0. The smallest absolute Gasteiger partial charge is 0.244 e. The monoisotopic (exact) mass is 346 g/mol. The van der Waals surface area contributed by atoms with E-state index in [4.69, 9.17) is 0 Å². The molecule has 3 heterocycles. The molecule has 136 valence electrons. The zero-order chi connectivity index (χ0) is 18.2. The second-order valence-corrected chi connectivity index (χ2v) is 7.21. The molecule has 1 atom stereocenters. The van der Waals surface area contributed by atoms with Crippen LogP contribution in [0.3, 0.4) is 0 Å². The predicted octanol–water partition coefficient (Wildman–Crippen LogP) is 1.18. The number of carbonyl (C=O) groups is 1. The third-order valence-electron chi connectivity index (χ3n) is 4.73. The van der Waals surface area contributed by atoms with Crippen molar-refractivity contribution in [2.45, 2.75) is 58.7 Å². The van der Waals surface area contributed by atoms with Gasteiger partial charge in [0.15, 0.2) is 0 Å². The number of nitrogens with zero attached hydrogens (tertiary/aromatic N) is 6. The van der Waals surface area contributed by atoms with E-state index in [0.717, 1.165) is 17.8 Å². The number of likely N-dealkylation sites (tertiary alicyclic amines) is 1. The molecule has 1 fully saturated rings. The van der Waals surface area contributed by atoms with E-state index >= 15 is 0 Å². The highest BCUT2D eigenvalue weighted by Gasteiger charge is 2.39. The van der Waals surface area contributed by atoms with Gasteiger partial charge in [0.1, 0.15) is 17.8 Å². The Labute approximate surface area is 147 Å². The first kappa shape index (κ1) is 17.6. The topological polar surface area (TPSA) is 89.1 Å². The number of hydrogen-bond acceptors (Lipinski definition) is 5. The van der Waals surface area contributed by atoms with Crippen LogP contribution < -0.4 is 0 Å². The highest BCUT2D eigenvalue weighted by atomic mass is 16.3. The molecule has 0 bridgehead atoms. The Balaban J connectivity index is 1.73. The van der Waals surface area contributed by atoms with Crippen LogP contribution in [0.25, 0.3) is 0 Å². The Morgan fingerprint density at radius 1 is 1.40 bits per heavy atom. The van der Waals surface area contributed by atoms with Crippen molar-refractivity contribution in [2.75, 3.05) is 13.1 Å². The lowest BCUT2D eigenvalue weighted by molar-refractivity contribution is -0.140. The minimum absolute atomic E-state index is 0.0411. The van der Waals surface area contributed by atoms with Crippen molar-refractivity contribution < 1.29 is 9.90 Å². The SMILES string of the molecule is Cc1cc(C)n(CC(=O)N2CCC[C@@](O)(c3cn(C(C)C)nn3)C2)n1. The highest BCUT2D eigenvalue weighted by molar-refractivity contribution is 5.76. The fourth-order valence-corrected chi connectivity index (χ4v) is 3.26. The minimum atomic E-state index is -1.14. The third kappa shape index (κ3) is 3.58. The number of amides is 1. The van der Waals surface area contributed by atoms with Crippen LogP contribution in [-0.4, -0.2) is 53.8 Å². The maximum atomic E-state index is 12.7. The number of hydrogen-bond donors (Lipinski definition) is 1. The van der Waals surface area contributed by atoms with Gasteiger partial charge in [-0.25, -0.2) is 4.68 Å². The molecule has 0 spiro atoms. The highest BCUT2D eigenvalue weighted by Crippen LogP contribution is 2.30. The molecule has 25 heavy (non-hydrogen) atoms. The first-order chi connectivity index (χ1) is 11.8. The van der Waals surface area contributed by atoms with Gasteiger partial charge in [-0.3, -0.25) is 9.48 Å². The van der Waals surface area contributed by atoms with E-state index in [2.05, 4.69) is 15.4 Å². The first-order valence-corrected chi connectivity index (χ1v) is 8.72. The molecule has 1 aliphatic heterocycles. The average molecular weight is 346 g/mol. The zero-order valence-electron chi connectivity index (χ0n) is 15.3. The van der Waals surface area contributed by atoms with Crippen LogP contribution in [0.4, 0.5) is 0 Å². The summed E-state index contributed by atoms with van der Waals surface area (Å²) in [5, 5.41) is 23.6. The average Bonchev–Trinajstić information content (AvgIpc) is 3.15.